The van der Waals surface area contributed by atoms with Crippen molar-refractivity contribution < 1.29 is 4.74 Å². The lowest BCUT2D eigenvalue weighted by Gasteiger charge is -2.19. The standard InChI is InChI=1S/C14H21N3OS.HI/c1-18-13-6-2-5-12(8-13)17-14(15)16-9-11-4-3-7-19-10-11;/h2,5-6,8,11H,3-4,7,9-10H2,1H3,(H3,15,16,17);1H. The van der Waals surface area contributed by atoms with E-state index in [2.05, 4.69) is 10.3 Å². The van der Waals surface area contributed by atoms with E-state index in [4.69, 9.17) is 10.5 Å². The van der Waals surface area contributed by atoms with E-state index in [1.807, 2.05) is 36.0 Å². The lowest BCUT2D eigenvalue weighted by Crippen LogP contribution is -2.24. The van der Waals surface area contributed by atoms with Gasteiger partial charge in [0, 0.05) is 18.3 Å². The number of hydrogen-bond acceptors (Lipinski definition) is 3. The van der Waals surface area contributed by atoms with Crippen molar-refractivity contribution in [3.8, 4) is 5.75 Å². The van der Waals surface area contributed by atoms with Crippen LogP contribution in [0.4, 0.5) is 5.69 Å². The Morgan fingerprint density at radius 1 is 1.55 bits per heavy atom. The molecule has 0 aromatic heterocycles. The van der Waals surface area contributed by atoms with Gasteiger partial charge in [-0.15, -0.1) is 24.0 Å². The topological polar surface area (TPSA) is 59.6 Å². The number of aliphatic imine (C=N–C) groups is 1. The number of methoxy groups -OCH3 is 1. The molecule has 0 spiro atoms. The summed E-state index contributed by atoms with van der Waals surface area (Å²) in [7, 11) is 1.65. The number of nitrogens with two attached hydrogens (primary N) is 1. The lowest BCUT2D eigenvalue weighted by atomic mass is 10.1. The predicted octanol–water partition coefficient (Wildman–Crippen LogP) is 3.18. The highest BCUT2D eigenvalue weighted by Gasteiger charge is 2.12. The molecule has 2 rings (SSSR count). The predicted molar refractivity (Wildman–Crippen MR) is 98.6 cm³/mol. The van der Waals surface area contributed by atoms with Crippen molar-refractivity contribution in [2.75, 3.05) is 30.5 Å². The van der Waals surface area contributed by atoms with Crippen LogP contribution in [0, 0.1) is 5.92 Å². The number of guanidine groups is 1. The van der Waals surface area contributed by atoms with Gasteiger partial charge in [-0.2, -0.15) is 11.8 Å². The molecule has 0 saturated carbocycles. The summed E-state index contributed by atoms with van der Waals surface area (Å²) in [5.41, 5.74) is 6.81. The fraction of sp³-hybridized carbons (Fsp3) is 0.500. The molecule has 20 heavy (non-hydrogen) atoms. The molecule has 1 heterocycles. The van der Waals surface area contributed by atoms with Crippen LogP contribution >= 0.6 is 35.7 Å². The average Bonchev–Trinajstić information content (AvgIpc) is 2.46. The van der Waals surface area contributed by atoms with E-state index in [1.54, 1.807) is 7.11 Å². The third-order valence-electron chi connectivity index (χ3n) is 3.12. The van der Waals surface area contributed by atoms with Crippen molar-refractivity contribution in [2.45, 2.75) is 12.8 Å². The minimum Gasteiger partial charge on any atom is -0.497 e. The number of halogens is 1. The Morgan fingerprint density at radius 3 is 3.10 bits per heavy atom. The van der Waals surface area contributed by atoms with Crippen LogP contribution in [0.15, 0.2) is 29.3 Å². The van der Waals surface area contributed by atoms with Crippen LogP contribution < -0.4 is 15.8 Å². The Bertz CT molecular complexity index is 436. The molecule has 0 bridgehead atoms. The molecule has 1 aliphatic rings. The normalized spacial score (nSPS) is 19.1. The van der Waals surface area contributed by atoms with Gasteiger partial charge in [-0.25, -0.2) is 0 Å². The summed E-state index contributed by atoms with van der Waals surface area (Å²) in [6.07, 6.45) is 2.57. The van der Waals surface area contributed by atoms with Crippen LogP contribution in [0.25, 0.3) is 0 Å². The fourth-order valence-corrected chi connectivity index (χ4v) is 3.21. The molecule has 3 N–H and O–H groups in total. The molecule has 0 aliphatic carbocycles. The van der Waals surface area contributed by atoms with E-state index in [9.17, 15) is 0 Å². The van der Waals surface area contributed by atoms with Gasteiger partial charge in [-0.3, -0.25) is 4.99 Å². The van der Waals surface area contributed by atoms with E-state index >= 15 is 0 Å². The molecule has 1 aromatic rings. The van der Waals surface area contributed by atoms with Gasteiger partial charge in [0.1, 0.15) is 5.75 Å². The van der Waals surface area contributed by atoms with Gasteiger partial charge >= 0.3 is 0 Å². The zero-order valence-corrected chi connectivity index (χ0v) is 14.8. The van der Waals surface area contributed by atoms with E-state index < -0.39 is 0 Å². The minimum atomic E-state index is 0. The molecule has 6 heteroatoms. The highest BCUT2D eigenvalue weighted by atomic mass is 127. The molecule has 112 valence electrons. The first-order valence-corrected chi connectivity index (χ1v) is 7.72. The Balaban J connectivity index is 0.00000200. The summed E-state index contributed by atoms with van der Waals surface area (Å²) in [6.45, 7) is 0.815. The quantitative estimate of drug-likeness (QED) is 0.457. The largest absolute Gasteiger partial charge is 0.497 e. The first-order chi connectivity index (χ1) is 9.28. The molecule has 4 nitrogen and oxygen atoms in total. The average molecular weight is 407 g/mol. The first-order valence-electron chi connectivity index (χ1n) is 6.56. The van der Waals surface area contributed by atoms with Crippen molar-refractivity contribution in [1.82, 2.24) is 0 Å². The van der Waals surface area contributed by atoms with Crippen LogP contribution in [-0.2, 0) is 0 Å². The Labute approximate surface area is 142 Å². The number of thioether (sulfide) groups is 1. The number of rotatable bonds is 4. The fourth-order valence-electron chi connectivity index (χ4n) is 2.07. The number of benzene rings is 1. The second-order valence-electron chi connectivity index (χ2n) is 4.67. The molecule has 1 aliphatic heterocycles. The van der Waals surface area contributed by atoms with E-state index in [0.29, 0.717) is 11.9 Å². The lowest BCUT2D eigenvalue weighted by molar-refractivity contribution is 0.415. The molecule has 0 amide bonds. The van der Waals surface area contributed by atoms with Gasteiger partial charge in [0.15, 0.2) is 5.96 Å². The summed E-state index contributed by atoms with van der Waals surface area (Å²) in [6, 6.07) is 7.67. The van der Waals surface area contributed by atoms with E-state index in [-0.39, 0.29) is 24.0 Å². The molecule has 1 saturated heterocycles. The van der Waals surface area contributed by atoms with Crippen molar-refractivity contribution in [3.05, 3.63) is 24.3 Å². The Hall–Kier alpha value is -0.630. The highest BCUT2D eigenvalue weighted by molar-refractivity contribution is 14.0. The van der Waals surface area contributed by atoms with E-state index in [1.165, 1.54) is 24.3 Å². The van der Waals surface area contributed by atoms with Gasteiger partial charge in [0.05, 0.1) is 7.11 Å². The number of hydrogen-bond donors (Lipinski definition) is 2. The molecule has 1 fully saturated rings. The van der Waals surface area contributed by atoms with Crippen molar-refractivity contribution in [3.63, 3.8) is 0 Å². The molecular weight excluding hydrogens is 385 g/mol. The van der Waals surface area contributed by atoms with Gasteiger partial charge in [-0.05, 0) is 42.4 Å². The Kier molecular flexibility index (Phi) is 8.13. The first kappa shape index (κ1) is 17.4. The van der Waals surface area contributed by atoms with E-state index in [0.717, 1.165) is 18.0 Å². The summed E-state index contributed by atoms with van der Waals surface area (Å²) < 4.78 is 5.17. The van der Waals surface area contributed by atoms with Crippen LogP contribution in [0.3, 0.4) is 0 Å². The minimum absolute atomic E-state index is 0. The monoisotopic (exact) mass is 407 g/mol. The zero-order valence-electron chi connectivity index (χ0n) is 11.7. The van der Waals surface area contributed by atoms with Crippen molar-refractivity contribution >= 4 is 47.4 Å². The molecule has 0 radical (unpaired) electrons. The summed E-state index contributed by atoms with van der Waals surface area (Å²) >= 11 is 2.02. The van der Waals surface area contributed by atoms with Gasteiger partial charge in [-0.1, -0.05) is 6.07 Å². The number of nitrogens with zero attached hydrogens (tertiary/aromatic N) is 1. The maximum Gasteiger partial charge on any atom is 0.193 e. The zero-order chi connectivity index (χ0) is 13.5. The molecule has 1 atom stereocenters. The smallest absolute Gasteiger partial charge is 0.193 e. The van der Waals surface area contributed by atoms with Gasteiger partial charge in [0.25, 0.3) is 0 Å². The van der Waals surface area contributed by atoms with Crippen LogP contribution in [0.1, 0.15) is 12.8 Å². The number of ether oxygens (including phenoxy) is 1. The van der Waals surface area contributed by atoms with Crippen molar-refractivity contribution in [1.29, 1.82) is 0 Å². The second-order valence-corrected chi connectivity index (χ2v) is 5.82. The van der Waals surface area contributed by atoms with Crippen LogP contribution in [-0.4, -0.2) is 31.1 Å². The number of nitrogens with one attached hydrogen (secondary N) is 1. The van der Waals surface area contributed by atoms with Gasteiger partial charge in [0.2, 0.25) is 0 Å². The van der Waals surface area contributed by atoms with Crippen LogP contribution in [0.2, 0.25) is 0 Å². The second kappa shape index (κ2) is 9.33. The maximum atomic E-state index is 5.91. The Morgan fingerprint density at radius 2 is 2.40 bits per heavy atom. The number of anilines is 1. The molecular formula is C14H22IN3OS. The maximum absolute atomic E-state index is 5.91. The molecule has 1 aromatic carbocycles. The summed E-state index contributed by atoms with van der Waals surface area (Å²) in [5, 5.41) is 3.10. The SMILES string of the molecule is COc1cccc(NC(N)=NCC2CCCSC2)c1.I. The van der Waals surface area contributed by atoms with Gasteiger partial charge < -0.3 is 15.8 Å². The third kappa shape index (κ3) is 5.78. The molecule has 1 unspecified atom stereocenters. The van der Waals surface area contributed by atoms with Crippen LogP contribution in [0.5, 0.6) is 5.75 Å². The highest BCUT2D eigenvalue weighted by Crippen LogP contribution is 2.22. The summed E-state index contributed by atoms with van der Waals surface area (Å²) in [5.74, 6) is 4.45. The summed E-state index contributed by atoms with van der Waals surface area (Å²) in [4.78, 5) is 4.43. The van der Waals surface area contributed by atoms with Crippen molar-refractivity contribution in [2.24, 2.45) is 16.6 Å². The third-order valence-corrected chi connectivity index (χ3v) is 4.40.